The number of ether oxygens (including phenoxy) is 1. The van der Waals surface area contributed by atoms with E-state index in [0.717, 1.165) is 22.6 Å². The molecule has 0 spiro atoms. The third kappa shape index (κ3) is 4.90. The SMILES string of the molecule is CCOC(=O)c1sc(N(Cc2ccccc2)C(=O)/C=C/c2cscn2)nc1C. The highest BCUT2D eigenvalue weighted by molar-refractivity contribution is 7.17. The molecule has 2 heterocycles. The molecule has 8 heteroatoms. The van der Waals surface area contributed by atoms with Gasteiger partial charge in [-0.25, -0.2) is 14.8 Å². The zero-order chi connectivity index (χ0) is 19.9. The average molecular weight is 414 g/mol. The summed E-state index contributed by atoms with van der Waals surface area (Å²) in [5.41, 5.74) is 3.94. The molecule has 0 saturated carbocycles. The Hall–Kier alpha value is -2.84. The number of esters is 1. The van der Waals surface area contributed by atoms with Crippen LogP contribution in [0.15, 0.2) is 47.3 Å². The van der Waals surface area contributed by atoms with Crippen LogP contribution in [0.5, 0.6) is 0 Å². The molecule has 1 amide bonds. The standard InChI is InChI=1S/C20H19N3O3S2/c1-3-26-19(25)18-14(2)22-20(28-18)23(11-15-7-5-4-6-8-15)17(24)10-9-16-12-27-13-21-16/h4-10,12-13H,3,11H2,1-2H3/b10-9+. The fourth-order valence-electron chi connectivity index (χ4n) is 2.44. The van der Waals surface area contributed by atoms with Gasteiger partial charge in [0, 0.05) is 11.5 Å². The first-order chi connectivity index (χ1) is 13.6. The third-order valence-electron chi connectivity index (χ3n) is 3.77. The number of anilines is 1. The maximum atomic E-state index is 12.9. The number of aryl methyl sites for hydroxylation is 1. The largest absolute Gasteiger partial charge is 0.462 e. The minimum atomic E-state index is -0.422. The van der Waals surface area contributed by atoms with Crippen molar-refractivity contribution >= 4 is 45.8 Å². The number of carbonyl (C=O) groups excluding carboxylic acids is 2. The summed E-state index contributed by atoms with van der Waals surface area (Å²) in [7, 11) is 0. The zero-order valence-electron chi connectivity index (χ0n) is 15.5. The molecule has 0 bridgehead atoms. The molecule has 6 nitrogen and oxygen atoms in total. The summed E-state index contributed by atoms with van der Waals surface area (Å²) in [6.07, 6.45) is 3.14. The number of aromatic nitrogens is 2. The molecule has 0 radical (unpaired) electrons. The van der Waals surface area contributed by atoms with E-state index in [1.165, 1.54) is 17.4 Å². The number of benzene rings is 1. The number of nitrogens with zero attached hydrogens (tertiary/aromatic N) is 3. The van der Waals surface area contributed by atoms with Crippen molar-refractivity contribution in [2.45, 2.75) is 20.4 Å². The lowest BCUT2D eigenvalue weighted by Gasteiger charge is -2.18. The van der Waals surface area contributed by atoms with E-state index in [4.69, 9.17) is 4.74 Å². The van der Waals surface area contributed by atoms with Gasteiger partial charge in [0.1, 0.15) is 4.88 Å². The summed E-state index contributed by atoms with van der Waals surface area (Å²) in [4.78, 5) is 35.6. The molecule has 0 aliphatic rings. The highest BCUT2D eigenvalue weighted by atomic mass is 32.1. The van der Waals surface area contributed by atoms with Gasteiger partial charge in [0.05, 0.1) is 30.1 Å². The monoisotopic (exact) mass is 413 g/mol. The van der Waals surface area contributed by atoms with Crippen LogP contribution in [0.25, 0.3) is 6.08 Å². The summed E-state index contributed by atoms with van der Waals surface area (Å²) < 4.78 is 5.08. The van der Waals surface area contributed by atoms with Gasteiger partial charge in [-0.05, 0) is 25.5 Å². The fourth-order valence-corrected chi connectivity index (χ4v) is 3.93. The molecular formula is C20H19N3O3S2. The maximum absolute atomic E-state index is 12.9. The van der Waals surface area contributed by atoms with Gasteiger partial charge in [-0.3, -0.25) is 9.69 Å². The first-order valence-electron chi connectivity index (χ1n) is 8.64. The second-order valence-electron chi connectivity index (χ2n) is 5.79. The van der Waals surface area contributed by atoms with Crippen molar-refractivity contribution in [2.24, 2.45) is 0 Å². The molecule has 0 fully saturated rings. The molecule has 28 heavy (non-hydrogen) atoms. The van der Waals surface area contributed by atoms with E-state index < -0.39 is 5.97 Å². The molecule has 0 atom stereocenters. The number of amides is 1. The highest BCUT2D eigenvalue weighted by Gasteiger charge is 2.23. The van der Waals surface area contributed by atoms with E-state index in [1.807, 2.05) is 35.7 Å². The molecule has 3 rings (SSSR count). The Bertz CT molecular complexity index is 966. The fraction of sp³-hybridized carbons (Fsp3) is 0.200. The third-order valence-corrected chi connectivity index (χ3v) is 5.54. The van der Waals surface area contributed by atoms with Crippen LogP contribution < -0.4 is 4.90 Å². The molecule has 0 aliphatic carbocycles. The molecule has 0 saturated heterocycles. The van der Waals surface area contributed by atoms with E-state index >= 15 is 0 Å². The van der Waals surface area contributed by atoms with Crippen molar-refractivity contribution in [1.82, 2.24) is 9.97 Å². The Balaban J connectivity index is 1.90. The van der Waals surface area contributed by atoms with Crippen LogP contribution in [0, 0.1) is 6.92 Å². The Morgan fingerprint density at radius 1 is 1.25 bits per heavy atom. The second kappa shape index (κ2) is 9.38. The van der Waals surface area contributed by atoms with Crippen LogP contribution in [-0.4, -0.2) is 28.5 Å². The number of hydrogen-bond donors (Lipinski definition) is 0. The van der Waals surface area contributed by atoms with Crippen molar-refractivity contribution in [3.05, 3.63) is 69.1 Å². The molecule has 2 aromatic heterocycles. The van der Waals surface area contributed by atoms with Gasteiger partial charge in [-0.2, -0.15) is 0 Å². The van der Waals surface area contributed by atoms with Crippen molar-refractivity contribution in [1.29, 1.82) is 0 Å². The molecule has 0 aliphatic heterocycles. The van der Waals surface area contributed by atoms with Crippen LogP contribution in [0.2, 0.25) is 0 Å². The van der Waals surface area contributed by atoms with Gasteiger partial charge in [-0.1, -0.05) is 41.7 Å². The van der Waals surface area contributed by atoms with Crippen LogP contribution in [0.1, 0.15) is 33.5 Å². The summed E-state index contributed by atoms with van der Waals surface area (Å²) in [6, 6.07) is 9.64. The predicted octanol–water partition coefficient (Wildman–Crippen LogP) is 4.33. The van der Waals surface area contributed by atoms with Crippen molar-refractivity contribution in [3.63, 3.8) is 0 Å². The van der Waals surface area contributed by atoms with E-state index in [0.29, 0.717) is 22.2 Å². The highest BCUT2D eigenvalue weighted by Crippen LogP contribution is 2.28. The van der Waals surface area contributed by atoms with Gasteiger partial charge < -0.3 is 4.74 Å². The molecule has 0 unspecified atom stereocenters. The maximum Gasteiger partial charge on any atom is 0.350 e. The van der Waals surface area contributed by atoms with E-state index in [1.54, 1.807) is 30.3 Å². The lowest BCUT2D eigenvalue weighted by Crippen LogP contribution is -2.28. The van der Waals surface area contributed by atoms with Gasteiger partial charge in [0.2, 0.25) is 0 Å². The predicted molar refractivity (Wildman–Crippen MR) is 112 cm³/mol. The van der Waals surface area contributed by atoms with Crippen LogP contribution in [-0.2, 0) is 16.1 Å². The summed E-state index contributed by atoms with van der Waals surface area (Å²) in [6.45, 7) is 4.12. The Kier molecular flexibility index (Phi) is 6.67. The van der Waals surface area contributed by atoms with Crippen LogP contribution >= 0.6 is 22.7 Å². The number of hydrogen-bond acceptors (Lipinski definition) is 7. The van der Waals surface area contributed by atoms with Gasteiger partial charge in [-0.15, -0.1) is 11.3 Å². The topological polar surface area (TPSA) is 72.4 Å². The van der Waals surface area contributed by atoms with Crippen molar-refractivity contribution in [3.8, 4) is 0 Å². The molecule has 1 aromatic carbocycles. The summed E-state index contributed by atoms with van der Waals surface area (Å²) >= 11 is 2.62. The number of carbonyl (C=O) groups is 2. The van der Waals surface area contributed by atoms with Gasteiger partial charge in [0.15, 0.2) is 5.13 Å². The van der Waals surface area contributed by atoms with E-state index in [2.05, 4.69) is 9.97 Å². The lowest BCUT2D eigenvalue weighted by molar-refractivity contribution is -0.114. The normalized spacial score (nSPS) is 10.9. The Morgan fingerprint density at radius 3 is 2.71 bits per heavy atom. The second-order valence-corrected chi connectivity index (χ2v) is 7.48. The Morgan fingerprint density at radius 2 is 2.04 bits per heavy atom. The number of thiazole rings is 2. The van der Waals surface area contributed by atoms with Crippen LogP contribution in [0.3, 0.4) is 0 Å². The van der Waals surface area contributed by atoms with Gasteiger partial charge >= 0.3 is 5.97 Å². The lowest BCUT2D eigenvalue weighted by atomic mass is 10.2. The van der Waals surface area contributed by atoms with Crippen LogP contribution in [0.4, 0.5) is 5.13 Å². The molecule has 144 valence electrons. The first-order valence-corrected chi connectivity index (χ1v) is 10.4. The van der Waals surface area contributed by atoms with Crippen molar-refractivity contribution < 1.29 is 14.3 Å². The minimum Gasteiger partial charge on any atom is -0.462 e. The first kappa shape index (κ1) is 19.9. The Labute approximate surface area is 171 Å². The average Bonchev–Trinajstić information content (AvgIpc) is 3.35. The number of rotatable bonds is 7. The minimum absolute atomic E-state index is 0.235. The van der Waals surface area contributed by atoms with Crippen molar-refractivity contribution in [2.75, 3.05) is 11.5 Å². The zero-order valence-corrected chi connectivity index (χ0v) is 17.1. The smallest absolute Gasteiger partial charge is 0.350 e. The van der Waals surface area contributed by atoms with Gasteiger partial charge in [0.25, 0.3) is 5.91 Å². The summed E-state index contributed by atoms with van der Waals surface area (Å²) in [5, 5.41) is 2.31. The van der Waals surface area contributed by atoms with E-state index in [9.17, 15) is 9.59 Å². The molecule has 0 N–H and O–H groups in total. The molecule has 3 aromatic rings. The molecular weight excluding hydrogens is 394 g/mol. The van der Waals surface area contributed by atoms with E-state index in [-0.39, 0.29) is 12.5 Å². The summed E-state index contributed by atoms with van der Waals surface area (Å²) in [5.74, 6) is -0.658. The quantitative estimate of drug-likeness (QED) is 0.426.